The molecule has 0 unspecified atom stereocenters. The zero-order chi connectivity index (χ0) is 14.0. The van der Waals surface area contributed by atoms with Crippen molar-refractivity contribution in [1.29, 1.82) is 0 Å². The first kappa shape index (κ1) is 14.2. The number of carbonyl (C=O) groups is 1. The van der Waals surface area contributed by atoms with Gasteiger partial charge in [0.05, 0.1) is 10.6 Å². The summed E-state index contributed by atoms with van der Waals surface area (Å²) < 4.78 is 26.2. The van der Waals surface area contributed by atoms with E-state index < -0.39 is 11.6 Å². The van der Waals surface area contributed by atoms with E-state index in [9.17, 15) is 13.6 Å². The summed E-state index contributed by atoms with van der Waals surface area (Å²) in [5, 5.41) is 3.10. The Balaban J connectivity index is 2.14. The molecule has 1 aromatic carbocycles. The van der Waals surface area contributed by atoms with E-state index in [-0.39, 0.29) is 16.5 Å². The summed E-state index contributed by atoms with van der Waals surface area (Å²) in [5.74, 6) is -2.45. The van der Waals surface area contributed by atoms with E-state index >= 15 is 0 Å². The number of rotatable bonds is 2. The van der Waals surface area contributed by atoms with E-state index in [1.54, 1.807) is 4.90 Å². The van der Waals surface area contributed by atoms with Gasteiger partial charge in [-0.2, -0.15) is 0 Å². The van der Waals surface area contributed by atoms with Gasteiger partial charge in [0.1, 0.15) is 0 Å². The van der Waals surface area contributed by atoms with Crippen molar-refractivity contribution < 1.29 is 13.6 Å². The van der Waals surface area contributed by atoms with Gasteiger partial charge in [0.15, 0.2) is 11.6 Å². The fraction of sp³-hybridized carbons (Fsp3) is 0.462. The molecule has 0 bridgehead atoms. The SMILES string of the molecule is CNC1CCN(C(=O)c2cc(F)c(F)cc2Cl)CC1. The molecule has 1 fully saturated rings. The number of nitrogens with zero attached hydrogens (tertiary/aromatic N) is 1. The van der Waals surface area contributed by atoms with Gasteiger partial charge < -0.3 is 10.2 Å². The van der Waals surface area contributed by atoms with Gasteiger partial charge in [-0.15, -0.1) is 0 Å². The lowest BCUT2D eigenvalue weighted by molar-refractivity contribution is 0.0707. The van der Waals surface area contributed by atoms with Crippen LogP contribution in [0.15, 0.2) is 12.1 Å². The van der Waals surface area contributed by atoms with Crippen LogP contribution in [0.2, 0.25) is 5.02 Å². The van der Waals surface area contributed by atoms with E-state index in [0.29, 0.717) is 19.1 Å². The Kier molecular flexibility index (Phi) is 4.37. The second-order valence-corrected chi connectivity index (χ2v) is 5.01. The number of piperidine rings is 1. The van der Waals surface area contributed by atoms with E-state index in [0.717, 1.165) is 25.0 Å². The first-order valence-corrected chi connectivity index (χ1v) is 6.51. The van der Waals surface area contributed by atoms with Crippen LogP contribution >= 0.6 is 11.6 Å². The smallest absolute Gasteiger partial charge is 0.255 e. The van der Waals surface area contributed by atoms with E-state index in [1.807, 2.05) is 7.05 Å². The van der Waals surface area contributed by atoms with Crippen molar-refractivity contribution in [2.75, 3.05) is 20.1 Å². The highest BCUT2D eigenvalue weighted by molar-refractivity contribution is 6.33. The molecule has 104 valence electrons. The number of hydrogen-bond acceptors (Lipinski definition) is 2. The van der Waals surface area contributed by atoms with Crippen molar-refractivity contribution in [3.63, 3.8) is 0 Å². The van der Waals surface area contributed by atoms with Crippen LogP contribution in [0.25, 0.3) is 0 Å². The van der Waals surface area contributed by atoms with Crippen molar-refractivity contribution in [2.45, 2.75) is 18.9 Å². The number of carbonyl (C=O) groups excluding carboxylic acids is 1. The van der Waals surface area contributed by atoms with Crippen LogP contribution in [0.1, 0.15) is 23.2 Å². The Morgan fingerprint density at radius 2 is 1.89 bits per heavy atom. The molecular weight excluding hydrogens is 274 g/mol. The molecule has 1 aliphatic rings. The molecule has 0 spiro atoms. The van der Waals surface area contributed by atoms with Crippen LogP contribution in [0.4, 0.5) is 8.78 Å². The van der Waals surface area contributed by atoms with E-state index in [4.69, 9.17) is 11.6 Å². The van der Waals surface area contributed by atoms with Gasteiger partial charge in [-0.25, -0.2) is 8.78 Å². The average molecular weight is 289 g/mol. The Morgan fingerprint density at radius 1 is 1.32 bits per heavy atom. The molecule has 0 saturated carbocycles. The third kappa shape index (κ3) is 3.04. The minimum atomic E-state index is -1.06. The van der Waals surface area contributed by atoms with Crippen LogP contribution < -0.4 is 5.32 Å². The highest BCUT2D eigenvalue weighted by Crippen LogP contribution is 2.23. The molecule has 0 radical (unpaired) electrons. The number of amides is 1. The highest BCUT2D eigenvalue weighted by Gasteiger charge is 2.25. The molecule has 6 heteroatoms. The van der Waals surface area contributed by atoms with Gasteiger partial charge in [0, 0.05) is 19.1 Å². The summed E-state index contributed by atoms with van der Waals surface area (Å²) in [6.45, 7) is 1.17. The second-order valence-electron chi connectivity index (χ2n) is 4.60. The Labute approximate surface area is 115 Å². The maximum absolute atomic E-state index is 13.2. The Hall–Kier alpha value is -1.20. The molecule has 1 amide bonds. The number of nitrogens with one attached hydrogen (secondary N) is 1. The standard InChI is InChI=1S/C13H15ClF2N2O/c1-17-8-2-4-18(5-3-8)13(19)9-6-11(15)12(16)7-10(9)14/h6-8,17H,2-5H2,1H3. The van der Waals surface area contributed by atoms with Crippen LogP contribution in [-0.4, -0.2) is 37.0 Å². The van der Waals surface area contributed by atoms with Gasteiger partial charge in [0.2, 0.25) is 0 Å². The average Bonchev–Trinajstić information content (AvgIpc) is 2.42. The number of benzene rings is 1. The molecule has 1 N–H and O–H groups in total. The summed E-state index contributed by atoms with van der Waals surface area (Å²) in [6.07, 6.45) is 1.67. The summed E-state index contributed by atoms with van der Waals surface area (Å²) in [7, 11) is 1.88. The van der Waals surface area contributed by atoms with Crippen LogP contribution in [0.3, 0.4) is 0 Å². The van der Waals surface area contributed by atoms with E-state index in [1.165, 1.54) is 0 Å². The Bertz CT molecular complexity index is 488. The molecular formula is C13H15ClF2N2O. The first-order chi connectivity index (χ1) is 9.02. The molecule has 0 aromatic heterocycles. The first-order valence-electron chi connectivity index (χ1n) is 6.14. The minimum Gasteiger partial charge on any atom is -0.338 e. The lowest BCUT2D eigenvalue weighted by Crippen LogP contribution is -2.44. The van der Waals surface area contributed by atoms with Gasteiger partial charge in [-0.3, -0.25) is 4.79 Å². The summed E-state index contributed by atoms with van der Waals surface area (Å²) in [5.41, 5.74) is 0.0171. The highest BCUT2D eigenvalue weighted by atomic mass is 35.5. The van der Waals surface area contributed by atoms with Crippen molar-refractivity contribution in [1.82, 2.24) is 10.2 Å². The fourth-order valence-corrected chi connectivity index (χ4v) is 2.46. The summed E-state index contributed by atoms with van der Waals surface area (Å²) in [4.78, 5) is 13.8. The van der Waals surface area contributed by atoms with Crippen molar-refractivity contribution in [3.05, 3.63) is 34.4 Å². The van der Waals surface area contributed by atoms with Gasteiger partial charge in [-0.05, 0) is 32.0 Å². The predicted octanol–water partition coefficient (Wildman–Crippen LogP) is 2.44. The molecule has 1 aromatic rings. The lowest BCUT2D eigenvalue weighted by Gasteiger charge is -2.32. The summed E-state index contributed by atoms with van der Waals surface area (Å²) in [6, 6.07) is 2.10. The quantitative estimate of drug-likeness (QED) is 0.848. The third-order valence-electron chi connectivity index (χ3n) is 3.43. The molecule has 0 atom stereocenters. The topological polar surface area (TPSA) is 32.3 Å². The zero-order valence-corrected chi connectivity index (χ0v) is 11.3. The molecule has 19 heavy (non-hydrogen) atoms. The van der Waals surface area contributed by atoms with Crippen molar-refractivity contribution in [3.8, 4) is 0 Å². The van der Waals surface area contributed by atoms with Gasteiger partial charge in [-0.1, -0.05) is 11.6 Å². The normalized spacial score (nSPS) is 16.7. The lowest BCUT2D eigenvalue weighted by atomic mass is 10.0. The van der Waals surface area contributed by atoms with Crippen molar-refractivity contribution in [2.24, 2.45) is 0 Å². The predicted molar refractivity (Wildman–Crippen MR) is 69.4 cm³/mol. The summed E-state index contributed by atoms with van der Waals surface area (Å²) >= 11 is 5.81. The van der Waals surface area contributed by atoms with Gasteiger partial charge in [0.25, 0.3) is 5.91 Å². The molecule has 1 saturated heterocycles. The number of likely N-dealkylation sites (tertiary alicyclic amines) is 1. The van der Waals surface area contributed by atoms with Crippen LogP contribution in [0, 0.1) is 11.6 Å². The fourth-order valence-electron chi connectivity index (χ4n) is 2.23. The maximum atomic E-state index is 13.2. The second kappa shape index (κ2) is 5.84. The van der Waals surface area contributed by atoms with Gasteiger partial charge >= 0.3 is 0 Å². The number of hydrogen-bond donors (Lipinski definition) is 1. The molecule has 0 aliphatic carbocycles. The maximum Gasteiger partial charge on any atom is 0.255 e. The largest absolute Gasteiger partial charge is 0.338 e. The Morgan fingerprint density at radius 3 is 2.47 bits per heavy atom. The molecule has 2 rings (SSSR count). The third-order valence-corrected chi connectivity index (χ3v) is 3.74. The number of halogens is 3. The van der Waals surface area contributed by atoms with E-state index in [2.05, 4.69) is 5.32 Å². The van der Waals surface area contributed by atoms with Crippen LogP contribution in [-0.2, 0) is 0 Å². The van der Waals surface area contributed by atoms with Crippen LogP contribution in [0.5, 0.6) is 0 Å². The monoisotopic (exact) mass is 288 g/mol. The van der Waals surface area contributed by atoms with Crippen molar-refractivity contribution >= 4 is 17.5 Å². The minimum absolute atomic E-state index is 0.0171. The molecule has 3 nitrogen and oxygen atoms in total. The molecule has 1 heterocycles. The zero-order valence-electron chi connectivity index (χ0n) is 10.5. The molecule has 1 aliphatic heterocycles.